The highest BCUT2D eigenvalue weighted by atomic mass is 19.1. The lowest BCUT2D eigenvalue weighted by Crippen LogP contribution is -2.51. The highest BCUT2D eigenvalue weighted by molar-refractivity contribution is 5.95. The van der Waals surface area contributed by atoms with E-state index in [-0.39, 0.29) is 29.8 Å². The van der Waals surface area contributed by atoms with E-state index in [2.05, 4.69) is 12.1 Å². The first kappa shape index (κ1) is 19.6. The molecule has 2 fully saturated rings. The number of benzene rings is 2. The molecule has 2 amide bonds. The van der Waals surface area contributed by atoms with Crippen molar-refractivity contribution in [1.29, 1.82) is 0 Å². The third-order valence-electron chi connectivity index (χ3n) is 6.32. The minimum absolute atomic E-state index is 0.0484. The third-order valence-corrected chi connectivity index (χ3v) is 6.32. The Bertz CT molecular complexity index is 885. The number of carbonyl (C=O) groups is 2. The molecule has 2 saturated heterocycles. The SMILES string of the molecule is CC(=O)N1CCCCC[C@@H]2[C@@H]1[C@H](c1ccccc1)CN2C(=O)c1cccc(F)c1. The Morgan fingerprint density at radius 1 is 0.966 bits per heavy atom. The van der Waals surface area contributed by atoms with Crippen LogP contribution in [0, 0.1) is 5.82 Å². The molecule has 2 aromatic rings. The lowest BCUT2D eigenvalue weighted by atomic mass is 9.87. The van der Waals surface area contributed by atoms with E-state index >= 15 is 0 Å². The van der Waals surface area contributed by atoms with Crippen LogP contribution in [0.1, 0.15) is 54.4 Å². The lowest BCUT2D eigenvalue weighted by Gasteiger charge is -2.38. The zero-order valence-corrected chi connectivity index (χ0v) is 16.8. The number of halogens is 1. The van der Waals surface area contributed by atoms with Gasteiger partial charge in [-0.15, -0.1) is 0 Å². The third kappa shape index (κ3) is 3.91. The fourth-order valence-electron chi connectivity index (χ4n) is 5.01. The summed E-state index contributed by atoms with van der Waals surface area (Å²) in [6.45, 7) is 2.89. The lowest BCUT2D eigenvalue weighted by molar-refractivity contribution is -0.132. The number of fused-ring (bicyclic) bond motifs is 1. The van der Waals surface area contributed by atoms with Crippen molar-refractivity contribution >= 4 is 11.8 Å². The highest BCUT2D eigenvalue weighted by Gasteiger charge is 2.48. The van der Waals surface area contributed by atoms with Crippen LogP contribution in [0.3, 0.4) is 0 Å². The van der Waals surface area contributed by atoms with Crippen molar-refractivity contribution in [2.24, 2.45) is 0 Å². The molecule has 0 radical (unpaired) electrons. The molecule has 0 aromatic heterocycles. The first-order valence-corrected chi connectivity index (χ1v) is 10.4. The Kier molecular flexibility index (Phi) is 5.65. The molecule has 0 unspecified atom stereocenters. The summed E-state index contributed by atoms with van der Waals surface area (Å²) in [4.78, 5) is 29.8. The second kappa shape index (κ2) is 8.36. The zero-order chi connectivity index (χ0) is 20.4. The van der Waals surface area contributed by atoms with Gasteiger partial charge in [0.25, 0.3) is 5.91 Å². The summed E-state index contributed by atoms with van der Waals surface area (Å²) in [5, 5.41) is 0. The van der Waals surface area contributed by atoms with Crippen molar-refractivity contribution in [3.05, 3.63) is 71.5 Å². The van der Waals surface area contributed by atoms with Crippen LogP contribution >= 0.6 is 0 Å². The van der Waals surface area contributed by atoms with Crippen molar-refractivity contribution in [2.75, 3.05) is 13.1 Å². The molecular formula is C24H27FN2O2. The molecule has 2 aliphatic rings. The summed E-state index contributed by atoms with van der Waals surface area (Å²) in [7, 11) is 0. The number of rotatable bonds is 2. The quantitative estimate of drug-likeness (QED) is 0.765. The van der Waals surface area contributed by atoms with Crippen LogP contribution in [0.2, 0.25) is 0 Å². The van der Waals surface area contributed by atoms with Crippen LogP contribution in [0.15, 0.2) is 54.6 Å². The van der Waals surface area contributed by atoms with Gasteiger partial charge in [-0.1, -0.05) is 49.2 Å². The van der Waals surface area contributed by atoms with E-state index < -0.39 is 5.82 Å². The summed E-state index contributed by atoms with van der Waals surface area (Å²) in [6, 6.07) is 15.9. The molecular weight excluding hydrogens is 367 g/mol. The molecule has 152 valence electrons. The predicted octanol–water partition coefficient (Wildman–Crippen LogP) is 4.23. The Labute approximate surface area is 171 Å². The largest absolute Gasteiger partial charge is 0.337 e. The first-order valence-electron chi connectivity index (χ1n) is 10.4. The summed E-state index contributed by atoms with van der Waals surface area (Å²) < 4.78 is 13.8. The summed E-state index contributed by atoms with van der Waals surface area (Å²) >= 11 is 0. The van der Waals surface area contributed by atoms with Gasteiger partial charge < -0.3 is 9.80 Å². The van der Waals surface area contributed by atoms with Crippen molar-refractivity contribution in [2.45, 2.75) is 50.6 Å². The molecule has 0 spiro atoms. The van der Waals surface area contributed by atoms with Crippen LogP contribution in [0.5, 0.6) is 0 Å². The van der Waals surface area contributed by atoms with Crippen LogP contribution in [-0.4, -0.2) is 46.8 Å². The summed E-state index contributed by atoms with van der Waals surface area (Å²) in [5.41, 5.74) is 1.51. The predicted molar refractivity (Wildman–Crippen MR) is 110 cm³/mol. The van der Waals surface area contributed by atoms with E-state index in [9.17, 15) is 14.0 Å². The minimum atomic E-state index is -0.408. The van der Waals surface area contributed by atoms with Gasteiger partial charge in [0.05, 0.1) is 12.1 Å². The number of hydrogen-bond acceptors (Lipinski definition) is 2. The molecule has 2 aromatic carbocycles. The van der Waals surface area contributed by atoms with Crippen molar-refractivity contribution in [1.82, 2.24) is 9.80 Å². The van der Waals surface area contributed by atoms with Crippen molar-refractivity contribution < 1.29 is 14.0 Å². The summed E-state index contributed by atoms with van der Waals surface area (Å²) in [5.74, 6) is -0.445. The van der Waals surface area contributed by atoms with Gasteiger partial charge in [-0.2, -0.15) is 0 Å². The monoisotopic (exact) mass is 394 g/mol. The Morgan fingerprint density at radius 3 is 2.48 bits per heavy atom. The van der Waals surface area contributed by atoms with Crippen LogP contribution in [0.25, 0.3) is 0 Å². The van der Waals surface area contributed by atoms with Crippen molar-refractivity contribution in [3.63, 3.8) is 0 Å². The fourth-order valence-corrected chi connectivity index (χ4v) is 5.01. The molecule has 0 saturated carbocycles. The molecule has 0 aliphatic carbocycles. The maximum absolute atomic E-state index is 13.8. The number of carbonyl (C=O) groups excluding carboxylic acids is 2. The maximum atomic E-state index is 13.8. The second-order valence-electron chi connectivity index (χ2n) is 8.10. The van der Waals surface area contributed by atoms with E-state index in [0.717, 1.165) is 37.8 Å². The number of amides is 2. The number of likely N-dealkylation sites (tertiary alicyclic amines) is 2. The van der Waals surface area contributed by atoms with Gasteiger partial charge in [-0.3, -0.25) is 9.59 Å². The molecule has 2 aliphatic heterocycles. The second-order valence-corrected chi connectivity index (χ2v) is 8.10. The molecule has 5 heteroatoms. The molecule has 29 heavy (non-hydrogen) atoms. The van der Waals surface area contributed by atoms with Crippen LogP contribution < -0.4 is 0 Å². The van der Waals surface area contributed by atoms with E-state index in [0.29, 0.717) is 12.1 Å². The zero-order valence-electron chi connectivity index (χ0n) is 16.8. The normalized spacial score (nSPS) is 24.6. The Morgan fingerprint density at radius 2 is 1.76 bits per heavy atom. The Hall–Kier alpha value is -2.69. The highest BCUT2D eigenvalue weighted by Crippen LogP contribution is 2.39. The van der Waals surface area contributed by atoms with Gasteiger partial charge in [-0.05, 0) is 36.6 Å². The standard InChI is InChI=1S/C24H27FN2O2/c1-17(28)26-14-7-3-6-13-22-23(26)21(18-9-4-2-5-10-18)16-27(22)24(29)19-11-8-12-20(25)15-19/h2,4-5,8-12,15,21-23H,3,6-7,13-14,16H2,1H3/t21-,22+,23-/m0/s1. The van der Waals surface area contributed by atoms with Gasteiger partial charge in [0.1, 0.15) is 5.82 Å². The molecule has 4 rings (SSSR count). The topological polar surface area (TPSA) is 40.6 Å². The fraction of sp³-hybridized carbons (Fsp3) is 0.417. The number of hydrogen-bond donors (Lipinski definition) is 0. The molecule has 0 bridgehead atoms. The van der Waals surface area contributed by atoms with Crippen LogP contribution in [-0.2, 0) is 4.79 Å². The maximum Gasteiger partial charge on any atom is 0.254 e. The summed E-state index contributed by atoms with van der Waals surface area (Å²) in [6.07, 6.45) is 3.92. The van der Waals surface area contributed by atoms with E-state index in [1.807, 2.05) is 28.0 Å². The van der Waals surface area contributed by atoms with Crippen molar-refractivity contribution in [3.8, 4) is 0 Å². The van der Waals surface area contributed by atoms with Gasteiger partial charge in [0.15, 0.2) is 0 Å². The van der Waals surface area contributed by atoms with Gasteiger partial charge in [0.2, 0.25) is 5.91 Å². The molecule has 3 atom stereocenters. The number of nitrogens with zero attached hydrogens (tertiary/aromatic N) is 2. The average Bonchev–Trinajstić information content (AvgIpc) is 3.06. The van der Waals surface area contributed by atoms with Gasteiger partial charge in [-0.25, -0.2) is 4.39 Å². The van der Waals surface area contributed by atoms with E-state index in [1.165, 1.54) is 12.1 Å². The van der Waals surface area contributed by atoms with Gasteiger partial charge >= 0.3 is 0 Å². The minimum Gasteiger partial charge on any atom is -0.337 e. The molecule has 0 N–H and O–H groups in total. The molecule has 4 nitrogen and oxygen atoms in total. The first-order chi connectivity index (χ1) is 14.1. The average molecular weight is 394 g/mol. The van der Waals surface area contributed by atoms with E-state index in [4.69, 9.17) is 0 Å². The van der Waals surface area contributed by atoms with Crippen LogP contribution in [0.4, 0.5) is 4.39 Å². The van der Waals surface area contributed by atoms with Gasteiger partial charge in [0, 0.05) is 31.5 Å². The Balaban J connectivity index is 1.75. The molecule has 2 heterocycles. The van der Waals surface area contributed by atoms with E-state index in [1.54, 1.807) is 19.1 Å². The smallest absolute Gasteiger partial charge is 0.254 e.